The molecule has 4 heteroatoms. The van der Waals surface area contributed by atoms with Gasteiger partial charge in [0.25, 0.3) is 0 Å². The largest absolute Gasteiger partial charge is 0.307 e. The number of benzene rings is 7. The molecule has 0 fully saturated rings. The van der Waals surface area contributed by atoms with Crippen molar-refractivity contribution in [3.05, 3.63) is 167 Å². The van der Waals surface area contributed by atoms with Crippen LogP contribution in [-0.4, -0.2) is 9.13 Å². The second kappa shape index (κ2) is 10.4. The maximum Gasteiger partial charge on any atom is 0.104 e. The number of hydrogen-bond donors (Lipinski definition) is 0. The molecule has 2 heterocycles. The van der Waals surface area contributed by atoms with Gasteiger partial charge in [0.15, 0.2) is 0 Å². The van der Waals surface area contributed by atoms with E-state index in [1.165, 1.54) is 44.5 Å². The summed E-state index contributed by atoms with van der Waals surface area (Å²) in [5, 5.41) is 26.7. The molecule has 0 unspecified atom stereocenters. The number of nitrogens with zero attached hydrogens (tertiary/aromatic N) is 4. The third-order valence-electron chi connectivity index (χ3n) is 12.5. The van der Waals surface area contributed by atoms with E-state index in [9.17, 15) is 10.5 Å². The van der Waals surface area contributed by atoms with E-state index in [1.807, 2.05) is 12.1 Å². The highest BCUT2D eigenvalue weighted by Gasteiger charge is 2.40. The molecule has 2 aliphatic rings. The second-order valence-electron chi connectivity index (χ2n) is 15.9. The summed E-state index contributed by atoms with van der Waals surface area (Å²) >= 11 is 0. The van der Waals surface area contributed by atoms with Crippen molar-refractivity contribution >= 4 is 43.6 Å². The Morgan fingerprint density at radius 3 is 1.31 bits per heavy atom. The van der Waals surface area contributed by atoms with Gasteiger partial charge in [-0.1, -0.05) is 137 Å². The van der Waals surface area contributed by atoms with Gasteiger partial charge >= 0.3 is 0 Å². The predicted molar refractivity (Wildman–Crippen MR) is 220 cm³/mol. The highest BCUT2D eigenvalue weighted by molar-refractivity contribution is 6.15. The fourth-order valence-corrected chi connectivity index (χ4v) is 10.3. The van der Waals surface area contributed by atoms with Gasteiger partial charge in [0.2, 0.25) is 0 Å². The lowest BCUT2D eigenvalue weighted by Crippen LogP contribution is -2.17. The first-order chi connectivity index (χ1) is 26.3. The minimum absolute atomic E-state index is 0.298. The van der Waals surface area contributed by atoms with Crippen LogP contribution in [0.5, 0.6) is 0 Å². The van der Waals surface area contributed by atoms with Crippen LogP contribution in [0.2, 0.25) is 0 Å². The number of para-hydroxylation sites is 2. The molecular formula is C50H34N4. The van der Waals surface area contributed by atoms with E-state index in [0.29, 0.717) is 22.5 Å². The van der Waals surface area contributed by atoms with Gasteiger partial charge < -0.3 is 9.13 Å². The number of rotatable bonds is 2. The Morgan fingerprint density at radius 1 is 0.444 bits per heavy atom. The van der Waals surface area contributed by atoms with E-state index >= 15 is 0 Å². The van der Waals surface area contributed by atoms with E-state index in [2.05, 4.69) is 170 Å². The highest BCUT2D eigenvalue weighted by atomic mass is 15.0. The molecule has 9 aromatic rings. The summed E-state index contributed by atoms with van der Waals surface area (Å²) in [6.45, 7) is 9.22. The van der Waals surface area contributed by atoms with Crippen LogP contribution in [0.1, 0.15) is 61.1 Å². The SMILES string of the molecule is CC1(C)c2ccccc2-c2ccc3c4ccccc4n(-c4cc(C#N)cc(-n5c6ccccc6c6ccc7c(c65)C(C)(C)c5ccccc5-7)c4C#N)c3c21. The summed E-state index contributed by atoms with van der Waals surface area (Å²) in [6, 6.07) is 52.4. The van der Waals surface area contributed by atoms with Crippen LogP contribution in [-0.2, 0) is 10.8 Å². The lowest BCUT2D eigenvalue weighted by molar-refractivity contribution is 0.664. The van der Waals surface area contributed by atoms with Crippen molar-refractivity contribution < 1.29 is 0 Å². The molecule has 0 bridgehead atoms. The average molecular weight is 691 g/mol. The van der Waals surface area contributed by atoms with E-state index in [4.69, 9.17) is 0 Å². The molecule has 0 N–H and O–H groups in total. The van der Waals surface area contributed by atoms with Gasteiger partial charge in [-0.3, -0.25) is 0 Å². The van der Waals surface area contributed by atoms with Gasteiger partial charge in [-0.05, 0) is 68.8 Å². The minimum Gasteiger partial charge on any atom is -0.307 e. The molecule has 0 saturated carbocycles. The Morgan fingerprint density at radius 2 is 0.870 bits per heavy atom. The number of aromatic nitrogens is 2. The van der Waals surface area contributed by atoms with E-state index in [1.54, 1.807) is 0 Å². The fourth-order valence-electron chi connectivity index (χ4n) is 10.3. The molecule has 54 heavy (non-hydrogen) atoms. The summed E-state index contributed by atoms with van der Waals surface area (Å²) in [6.07, 6.45) is 0. The maximum absolute atomic E-state index is 11.5. The summed E-state index contributed by atoms with van der Waals surface area (Å²) in [5.74, 6) is 0. The summed E-state index contributed by atoms with van der Waals surface area (Å²) < 4.78 is 4.55. The number of hydrogen-bond acceptors (Lipinski definition) is 2. The molecule has 2 aliphatic carbocycles. The topological polar surface area (TPSA) is 57.4 Å². The lowest BCUT2D eigenvalue weighted by atomic mass is 9.81. The smallest absolute Gasteiger partial charge is 0.104 e. The first-order valence-corrected chi connectivity index (χ1v) is 18.6. The Bertz CT molecular complexity index is 3040. The van der Waals surface area contributed by atoms with Crippen LogP contribution in [0.15, 0.2) is 133 Å². The van der Waals surface area contributed by atoms with E-state index in [0.717, 1.165) is 43.6 Å². The van der Waals surface area contributed by atoms with Crippen LogP contribution >= 0.6 is 0 Å². The summed E-state index contributed by atoms with van der Waals surface area (Å²) in [4.78, 5) is 0. The summed E-state index contributed by atoms with van der Waals surface area (Å²) in [7, 11) is 0. The molecule has 11 rings (SSSR count). The van der Waals surface area contributed by atoms with Gasteiger partial charge in [0.05, 0.1) is 45.1 Å². The Kier molecular flexibility index (Phi) is 5.90. The van der Waals surface area contributed by atoms with Gasteiger partial charge in [-0.15, -0.1) is 0 Å². The minimum atomic E-state index is -0.298. The first kappa shape index (κ1) is 30.7. The van der Waals surface area contributed by atoms with Gasteiger partial charge in [0, 0.05) is 32.4 Å². The molecule has 0 atom stereocenters. The quantitative estimate of drug-likeness (QED) is 0.181. The normalized spacial score (nSPS) is 14.6. The lowest BCUT2D eigenvalue weighted by Gasteiger charge is -2.25. The molecule has 0 amide bonds. The van der Waals surface area contributed by atoms with Crippen LogP contribution < -0.4 is 0 Å². The second-order valence-corrected chi connectivity index (χ2v) is 15.9. The zero-order valence-corrected chi connectivity index (χ0v) is 30.5. The van der Waals surface area contributed by atoms with Crippen molar-refractivity contribution in [1.82, 2.24) is 9.13 Å². The van der Waals surface area contributed by atoms with Crippen LogP contribution in [0.25, 0.3) is 77.2 Å². The van der Waals surface area contributed by atoms with Gasteiger partial charge in [0.1, 0.15) is 11.6 Å². The third-order valence-corrected chi connectivity index (χ3v) is 12.5. The molecular weight excluding hydrogens is 657 g/mol. The van der Waals surface area contributed by atoms with Crippen molar-refractivity contribution in [2.45, 2.75) is 38.5 Å². The predicted octanol–water partition coefficient (Wildman–Crippen LogP) is 12.2. The zero-order valence-electron chi connectivity index (χ0n) is 30.5. The van der Waals surface area contributed by atoms with Crippen LogP contribution in [0.3, 0.4) is 0 Å². The molecule has 4 nitrogen and oxygen atoms in total. The van der Waals surface area contributed by atoms with Crippen molar-refractivity contribution in [2.24, 2.45) is 0 Å². The Labute approximate surface area is 313 Å². The molecule has 0 radical (unpaired) electrons. The molecule has 0 saturated heterocycles. The maximum atomic E-state index is 11.5. The zero-order chi connectivity index (χ0) is 36.7. The molecule has 0 aliphatic heterocycles. The number of nitriles is 2. The van der Waals surface area contributed by atoms with Crippen molar-refractivity contribution in [3.8, 4) is 45.8 Å². The fraction of sp³-hybridized carbons (Fsp3) is 0.120. The monoisotopic (exact) mass is 690 g/mol. The van der Waals surface area contributed by atoms with Crippen LogP contribution in [0.4, 0.5) is 0 Å². The standard InChI is InChI=1S/C50H34N4/c1-49(2)39-17-9-5-13-30(39)34-21-23-36-32-15-7-11-19-41(32)53(47(36)45(34)49)43-25-29(27-51)26-44(38(43)28-52)54-42-20-12-8-16-33(42)37-24-22-35-31-14-6-10-18-40(31)50(3,4)46(35)48(37)54/h5-26H,1-4H3. The highest BCUT2D eigenvalue weighted by Crippen LogP contribution is 2.55. The van der Waals surface area contributed by atoms with Crippen molar-refractivity contribution in [2.75, 3.05) is 0 Å². The summed E-state index contributed by atoms with van der Waals surface area (Å²) in [5.41, 5.74) is 16.0. The van der Waals surface area contributed by atoms with E-state index in [-0.39, 0.29) is 10.8 Å². The molecule has 0 spiro atoms. The average Bonchev–Trinajstić information content (AvgIpc) is 3.86. The Hall–Kier alpha value is -6.88. The first-order valence-electron chi connectivity index (χ1n) is 18.6. The Balaban J connectivity index is 1.31. The van der Waals surface area contributed by atoms with Gasteiger partial charge in [-0.25, -0.2) is 0 Å². The van der Waals surface area contributed by atoms with Crippen LogP contribution in [0, 0.1) is 22.7 Å². The van der Waals surface area contributed by atoms with E-state index < -0.39 is 0 Å². The van der Waals surface area contributed by atoms with Crippen molar-refractivity contribution in [3.63, 3.8) is 0 Å². The molecule has 7 aromatic carbocycles. The molecule has 2 aromatic heterocycles. The van der Waals surface area contributed by atoms with Crippen molar-refractivity contribution in [1.29, 1.82) is 10.5 Å². The molecule has 254 valence electrons. The number of fused-ring (bicyclic) bond motifs is 14. The third kappa shape index (κ3) is 3.65. The van der Waals surface area contributed by atoms with Gasteiger partial charge in [-0.2, -0.15) is 10.5 Å².